The monoisotopic (exact) mass is 356 g/mol. The van der Waals surface area contributed by atoms with Crippen LogP contribution < -0.4 is 0 Å². The van der Waals surface area contributed by atoms with Crippen LogP contribution in [0.4, 0.5) is 4.79 Å². The Morgan fingerprint density at radius 2 is 2.08 bits per heavy atom. The SMILES string of the molecule is CN1CC2(CCN(C(=O)CCn3nnc(-c4ccccc4)n3)C2)OC1=O. The molecule has 9 heteroatoms. The fourth-order valence-corrected chi connectivity index (χ4v) is 3.46. The second-order valence-electron chi connectivity index (χ2n) is 6.80. The van der Waals surface area contributed by atoms with E-state index in [2.05, 4.69) is 15.4 Å². The smallest absolute Gasteiger partial charge is 0.410 e. The summed E-state index contributed by atoms with van der Waals surface area (Å²) in [6, 6.07) is 9.58. The average Bonchev–Trinajstić information content (AvgIpc) is 3.34. The summed E-state index contributed by atoms with van der Waals surface area (Å²) in [5, 5.41) is 12.4. The number of rotatable bonds is 4. The molecule has 1 spiro atoms. The fourth-order valence-electron chi connectivity index (χ4n) is 3.46. The predicted molar refractivity (Wildman–Crippen MR) is 90.9 cm³/mol. The maximum absolute atomic E-state index is 12.5. The lowest BCUT2D eigenvalue weighted by Gasteiger charge is -2.21. The maximum Gasteiger partial charge on any atom is 0.410 e. The largest absolute Gasteiger partial charge is 0.439 e. The van der Waals surface area contributed by atoms with Crippen molar-refractivity contribution in [3.8, 4) is 11.4 Å². The fraction of sp³-hybridized carbons (Fsp3) is 0.471. The van der Waals surface area contributed by atoms with Gasteiger partial charge in [0.2, 0.25) is 11.7 Å². The highest BCUT2D eigenvalue weighted by atomic mass is 16.6. The summed E-state index contributed by atoms with van der Waals surface area (Å²) in [4.78, 5) is 28.8. The average molecular weight is 356 g/mol. The zero-order valence-electron chi connectivity index (χ0n) is 14.5. The van der Waals surface area contributed by atoms with Gasteiger partial charge in [-0.2, -0.15) is 4.80 Å². The Kier molecular flexibility index (Phi) is 4.06. The second-order valence-corrected chi connectivity index (χ2v) is 6.80. The molecule has 9 nitrogen and oxygen atoms in total. The molecule has 136 valence electrons. The lowest BCUT2D eigenvalue weighted by atomic mass is 10.0. The first kappa shape index (κ1) is 16.5. The van der Waals surface area contributed by atoms with Gasteiger partial charge in [0.1, 0.15) is 0 Å². The van der Waals surface area contributed by atoms with Crippen LogP contribution in [0.5, 0.6) is 0 Å². The molecule has 1 unspecified atom stereocenters. The molecule has 3 heterocycles. The van der Waals surface area contributed by atoms with Gasteiger partial charge in [0, 0.05) is 32.0 Å². The van der Waals surface area contributed by atoms with E-state index >= 15 is 0 Å². The summed E-state index contributed by atoms with van der Waals surface area (Å²) in [6.07, 6.45) is 0.637. The van der Waals surface area contributed by atoms with Crippen LogP contribution >= 0.6 is 0 Å². The lowest BCUT2D eigenvalue weighted by Crippen LogP contribution is -2.39. The van der Waals surface area contributed by atoms with Crippen molar-refractivity contribution in [3.05, 3.63) is 30.3 Å². The van der Waals surface area contributed by atoms with Crippen molar-refractivity contribution in [2.75, 3.05) is 26.7 Å². The van der Waals surface area contributed by atoms with Crippen molar-refractivity contribution >= 4 is 12.0 Å². The van der Waals surface area contributed by atoms with E-state index < -0.39 is 5.60 Å². The third-order valence-corrected chi connectivity index (χ3v) is 4.82. The van der Waals surface area contributed by atoms with Crippen LogP contribution in [0, 0.1) is 0 Å². The molecule has 2 aromatic rings. The highest BCUT2D eigenvalue weighted by Gasteiger charge is 2.49. The molecule has 0 aliphatic carbocycles. The van der Waals surface area contributed by atoms with E-state index in [9.17, 15) is 9.59 Å². The van der Waals surface area contributed by atoms with Gasteiger partial charge in [-0.15, -0.1) is 10.2 Å². The number of hydrogen-bond acceptors (Lipinski definition) is 6. The summed E-state index contributed by atoms with van der Waals surface area (Å²) < 4.78 is 5.47. The van der Waals surface area contributed by atoms with Crippen LogP contribution in [0.1, 0.15) is 12.8 Å². The van der Waals surface area contributed by atoms with E-state index in [0.29, 0.717) is 38.4 Å². The summed E-state index contributed by atoms with van der Waals surface area (Å²) >= 11 is 0. The third kappa shape index (κ3) is 3.12. The van der Waals surface area contributed by atoms with Gasteiger partial charge in [0.15, 0.2) is 5.60 Å². The first-order chi connectivity index (χ1) is 12.5. The molecule has 2 amide bonds. The number of benzene rings is 1. The predicted octanol–water partition coefficient (Wildman–Crippen LogP) is 0.783. The Morgan fingerprint density at radius 1 is 1.27 bits per heavy atom. The Labute approximate surface area is 150 Å². The minimum absolute atomic E-state index is 0.00559. The molecule has 2 saturated heterocycles. The van der Waals surface area contributed by atoms with Crippen LogP contribution in [-0.4, -0.2) is 74.3 Å². The number of carbonyl (C=O) groups excluding carboxylic acids is 2. The van der Waals surface area contributed by atoms with Crippen molar-refractivity contribution in [3.63, 3.8) is 0 Å². The number of nitrogens with zero attached hydrogens (tertiary/aromatic N) is 6. The van der Waals surface area contributed by atoms with E-state index in [4.69, 9.17) is 4.74 Å². The molecular formula is C17H20N6O3. The summed E-state index contributed by atoms with van der Waals surface area (Å²) in [5.41, 5.74) is 0.340. The first-order valence-electron chi connectivity index (χ1n) is 8.60. The number of carbonyl (C=O) groups is 2. The van der Waals surface area contributed by atoms with E-state index in [1.165, 1.54) is 4.80 Å². The van der Waals surface area contributed by atoms with E-state index in [1.54, 1.807) is 16.8 Å². The van der Waals surface area contributed by atoms with Crippen molar-refractivity contribution in [2.24, 2.45) is 0 Å². The number of tetrazole rings is 1. The standard InChI is InChI=1S/C17H20N6O3/c1-21-11-17(26-16(21)25)8-10-22(12-17)14(24)7-9-23-19-15(18-20-23)13-5-3-2-4-6-13/h2-6H,7-12H2,1H3. The number of hydrogen-bond donors (Lipinski definition) is 0. The summed E-state index contributed by atoms with van der Waals surface area (Å²) in [5.74, 6) is 0.546. The molecule has 2 aliphatic heterocycles. The van der Waals surface area contributed by atoms with Gasteiger partial charge in [0.05, 0.1) is 19.6 Å². The van der Waals surface area contributed by atoms with Crippen LogP contribution in [0.2, 0.25) is 0 Å². The Hall–Kier alpha value is -2.97. The molecule has 4 rings (SSSR count). The van der Waals surface area contributed by atoms with Gasteiger partial charge >= 0.3 is 6.09 Å². The van der Waals surface area contributed by atoms with Gasteiger partial charge in [-0.3, -0.25) is 4.79 Å². The Bertz CT molecular complexity index is 823. The van der Waals surface area contributed by atoms with Crippen molar-refractivity contribution < 1.29 is 14.3 Å². The van der Waals surface area contributed by atoms with Crippen molar-refractivity contribution in [1.82, 2.24) is 30.0 Å². The summed E-state index contributed by atoms with van der Waals surface area (Å²) in [6.45, 7) is 1.94. The van der Waals surface area contributed by atoms with Crippen molar-refractivity contribution in [2.45, 2.75) is 25.0 Å². The number of amides is 2. The van der Waals surface area contributed by atoms with Crippen LogP contribution in [0.15, 0.2) is 30.3 Å². The van der Waals surface area contributed by atoms with Gasteiger partial charge < -0.3 is 14.5 Å². The molecule has 26 heavy (non-hydrogen) atoms. The molecule has 2 aliphatic rings. The molecule has 0 saturated carbocycles. The van der Waals surface area contributed by atoms with E-state index in [0.717, 1.165) is 5.56 Å². The van der Waals surface area contributed by atoms with Crippen molar-refractivity contribution in [1.29, 1.82) is 0 Å². The van der Waals surface area contributed by atoms with E-state index in [1.807, 2.05) is 30.3 Å². The van der Waals surface area contributed by atoms with Crippen LogP contribution in [-0.2, 0) is 16.1 Å². The van der Waals surface area contributed by atoms with Gasteiger partial charge in [0.25, 0.3) is 0 Å². The Morgan fingerprint density at radius 3 is 2.81 bits per heavy atom. The molecule has 1 aromatic heterocycles. The normalized spacial score (nSPS) is 22.3. The molecule has 1 atom stereocenters. The molecule has 0 N–H and O–H groups in total. The van der Waals surface area contributed by atoms with Crippen LogP contribution in [0.25, 0.3) is 11.4 Å². The zero-order valence-corrected chi connectivity index (χ0v) is 14.5. The van der Waals surface area contributed by atoms with Gasteiger partial charge in [-0.1, -0.05) is 30.3 Å². The topological polar surface area (TPSA) is 93.5 Å². The molecule has 2 fully saturated rings. The lowest BCUT2D eigenvalue weighted by molar-refractivity contribution is -0.131. The van der Waals surface area contributed by atoms with Gasteiger partial charge in [-0.05, 0) is 5.21 Å². The number of likely N-dealkylation sites (N-methyl/N-ethyl adjacent to an activating group) is 1. The quantitative estimate of drug-likeness (QED) is 0.804. The van der Waals surface area contributed by atoms with E-state index in [-0.39, 0.29) is 18.4 Å². The number of likely N-dealkylation sites (tertiary alicyclic amines) is 1. The zero-order chi connectivity index (χ0) is 18.1. The Balaban J connectivity index is 1.32. The number of ether oxygens (including phenoxy) is 1. The van der Waals surface area contributed by atoms with Crippen LogP contribution in [0.3, 0.4) is 0 Å². The summed E-state index contributed by atoms with van der Waals surface area (Å²) in [7, 11) is 1.71. The third-order valence-electron chi connectivity index (χ3n) is 4.82. The number of aryl methyl sites for hydroxylation is 1. The minimum Gasteiger partial charge on any atom is -0.439 e. The molecular weight excluding hydrogens is 336 g/mol. The highest BCUT2D eigenvalue weighted by Crippen LogP contribution is 2.31. The first-order valence-corrected chi connectivity index (χ1v) is 8.60. The van der Waals surface area contributed by atoms with Gasteiger partial charge in [-0.25, -0.2) is 4.79 Å². The maximum atomic E-state index is 12.5. The minimum atomic E-state index is -0.548. The molecule has 0 radical (unpaired) electrons. The highest BCUT2D eigenvalue weighted by molar-refractivity contribution is 5.77. The molecule has 1 aromatic carbocycles. The second kappa shape index (κ2) is 6.40. The number of aromatic nitrogens is 4. The molecule has 0 bridgehead atoms.